The Morgan fingerprint density at radius 3 is 3.00 bits per heavy atom. The Labute approximate surface area is 73.0 Å². The summed E-state index contributed by atoms with van der Waals surface area (Å²) in [4.78, 5) is 4.40. The third kappa shape index (κ3) is 1.48. The quantitative estimate of drug-likeness (QED) is 0.681. The highest BCUT2D eigenvalue weighted by atomic mass is 15.0. The van der Waals surface area contributed by atoms with Gasteiger partial charge in [-0.3, -0.25) is 4.98 Å². The van der Waals surface area contributed by atoms with Crippen molar-refractivity contribution >= 4 is 0 Å². The zero-order chi connectivity index (χ0) is 8.39. The summed E-state index contributed by atoms with van der Waals surface area (Å²) in [6.07, 6.45) is 4.45. The second kappa shape index (κ2) is 3.23. The van der Waals surface area contributed by atoms with Gasteiger partial charge in [-0.15, -0.1) is 0 Å². The van der Waals surface area contributed by atoms with E-state index in [2.05, 4.69) is 29.4 Å². The van der Waals surface area contributed by atoms with Gasteiger partial charge in [0.25, 0.3) is 0 Å². The van der Waals surface area contributed by atoms with Crippen LogP contribution in [0.4, 0.5) is 0 Å². The Morgan fingerprint density at radius 2 is 2.42 bits per heavy atom. The maximum atomic E-state index is 4.40. The van der Waals surface area contributed by atoms with Crippen LogP contribution in [0.1, 0.15) is 30.1 Å². The van der Waals surface area contributed by atoms with Crippen molar-refractivity contribution in [2.24, 2.45) is 0 Å². The van der Waals surface area contributed by atoms with E-state index in [-0.39, 0.29) is 0 Å². The zero-order valence-electron chi connectivity index (χ0n) is 7.38. The number of rotatable bonds is 1. The van der Waals surface area contributed by atoms with Gasteiger partial charge in [0, 0.05) is 12.2 Å². The predicted octanol–water partition coefficient (Wildman–Crippen LogP) is 1.81. The molecule has 0 aliphatic carbocycles. The molecule has 2 rings (SSSR count). The first kappa shape index (κ1) is 7.74. The van der Waals surface area contributed by atoms with Crippen molar-refractivity contribution in [2.45, 2.75) is 25.8 Å². The van der Waals surface area contributed by atoms with Crippen LogP contribution < -0.4 is 5.32 Å². The van der Waals surface area contributed by atoms with E-state index in [1.807, 2.05) is 6.20 Å². The van der Waals surface area contributed by atoms with Gasteiger partial charge in [-0.25, -0.2) is 0 Å². The van der Waals surface area contributed by atoms with E-state index < -0.39 is 0 Å². The normalized spacial score (nSPS) is 22.9. The van der Waals surface area contributed by atoms with Crippen LogP contribution in [0.2, 0.25) is 0 Å². The van der Waals surface area contributed by atoms with Crippen LogP contribution in [-0.2, 0) is 0 Å². The molecule has 2 nitrogen and oxygen atoms in total. The Bertz CT molecular complexity index is 247. The fourth-order valence-corrected chi connectivity index (χ4v) is 1.62. The predicted molar refractivity (Wildman–Crippen MR) is 49.0 cm³/mol. The summed E-state index contributed by atoms with van der Waals surface area (Å²) in [6.45, 7) is 3.21. The summed E-state index contributed by atoms with van der Waals surface area (Å²) >= 11 is 0. The zero-order valence-corrected chi connectivity index (χ0v) is 7.38. The lowest BCUT2D eigenvalue weighted by Crippen LogP contribution is -2.13. The highest BCUT2D eigenvalue weighted by Crippen LogP contribution is 2.20. The first-order chi connectivity index (χ1) is 5.86. The van der Waals surface area contributed by atoms with Crippen molar-refractivity contribution in [3.8, 4) is 0 Å². The average Bonchev–Trinajstić information content (AvgIpc) is 2.58. The third-order valence-electron chi connectivity index (χ3n) is 2.35. The largest absolute Gasteiger partial charge is 0.309 e. The van der Waals surface area contributed by atoms with Gasteiger partial charge in [0.15, 0.2) is 0 Å². The average molecular weight is 162 g/mol. The molecule has 2 heteroatoms. The van der Waals surface area contributed by atoms with Crippen LogP contribution in [0.15, 0.2) is 18.3 Å². The lowest BCUT2D eigenvalue weighted by Gasteiger charge is -2.08. The summed E-state index contributed by atoms with van der Waals surface area (Å²) in [5.41, 5.74) is 2.43. The monoisotopic (exact) mass is 162 g/mol. The Morgan fingerprint density at radius 1 is 1.50 bits per heavy atom. The molecule has 0 unspecified atom stereocenters. The van der Waals surface area contributed by atoms with Gasteiger partial charge in [0.2, 0.25) is 0 Å². The molecule has 0 spiro atoms. The van der Waals surface area contributed by atoms with Crippen LogP contribution in [0, 0.1) is 6.92 Å². The molecule has 1 N–H and O–H groups in total. The van der Waals surface area contributed by atoms with Crippen molar-refractivity contribution in [2.75, 3.05) is 6.54 Å². The molecule has 0 aromatic carbocycles. The van der Waals surface area contributed by atoms with Crippen LogP contribution in [-0.4, -0.2) is 11.5 Å². The van der Waals surface area contributed by atoms with Gasteiger partial charge in [-0.2, -0.15) is 0 Å². The van der Waals surface area contributed by atoms with E-state index in [0.717, 1.165) is 6.54 Å². The molecule has 64 valence electrons. The van der Waals surface area contributed by atoms with Crippen LogP contribution in [0.3, 0.4) is 0 Å². The highest BCUT2D eigenvalue weighted by molar-refractivity contribution is 5.15. The number of aryl methyl sites for hydroxylation is 1. The second-order valence-corrected chi connectivity index (χ2v) is 3.41. The molecular formula is C10H14N2. The number of nitrogens with one attached hydrogen (secondary N) is 1. The van der Waals surface area contributed by atoms with Gasteiger partial charge >= 0.3 is 0 Å². The first-order valence-electron chi connectivity index (χ1n) is 4.52. The highest BCUT2D eigenvalue weighted by Gasteiger charge is 2.16. The summed E-state index contributed by atoms with van der Waals surface area (Å²) < 4.78 is 0. The fraction of sp³-hybridized carbons (Fsp3) is 0.500. The molecule has 1 aliphatic rings. The van der Waals surface area contributed by atoms with E-state index in [9.17, 15) is 0 Å². The van der Waals surface area contributed by atoms with Crippen molar-refractivity contribution in [1.82, 2.24) is 10.3 Å². The minimum absolute atomic E-state index is 0.505. The van der Waals surface area contributed by atoms with E-state index in [1.54, 1.807) is 0 Å². The van der Waals surface area contributed by atoms with Crippen LogP contribution in [0.25, 0.3) is 0 Å². The third-order valence-corrected chi connectivity index (χ3v) is 2.35. The number of hydrogen-bond acceptors (Lipinski definition) is 2. The molecule has 2 heterocycles. The standard InChI is InChI=1S/C10H14N2/c1-8-4-5-10(12-7-8)9-3-2-6-11-9/h4-5,7,9,11H,2-3,6H2,1H3/t9-/m0/s1. The summed E-state index contributed by atoms with van der Waals surface area (Å²) in [7, 11) is 0. The van der Waals surface area contributed by atoms with E-state index in [1.165, 1.54) is 24.1 Å². The van der Waals surface area contributed by atoms with Gasteiger partial charge in [0.05, 0.1) is 5.69 Å². The minimum atomic E-state index is 0.505. The van der Waals surface area contributed by atoms with Gasteiger partial charge < -0.3 is 5.32 Å². The Kier molecular flexibility index (Phi) is 2.09. The Hall–Kier alpha value is -0.890. The number of aromatic nitrogens is 1. The lowest BCUT2D eigenvalue weighted by molar-refractivity contribution is 0.627. The molecule has 0 radical (unpaired) electrons. The minimum Gasteiger partial charge on any atom is -0.309 e. The number of pyridine rings is 1. The molecule has 1 aromatic heterocycles. The van der Waals surface area contributed by atoms with Crippen LogP contribution in [0.5, 0.6) is 0 Å². The molecule has 0 saturated carbocycles. The number of hydrogen-bond donors (Lipinski definition) is 1. The van der Waals surface area contributed by atoms with E-state index >= 15 is 0 Å². The molecule has 1 atom stereocenters. The van der Waals surface area contributed by atoms with Gasteiger partial charge in [-0.1, -0.05) is 6.07 Å². The second-order valence-electron chi connectivity index (χ2n) is 3.41. The molecule has 12 heavy (non-hydrogen) atoms. The maximum absolute atomic E-state index is 4.40. The lowest BCUT2D eigenvalue weighted by atomic mass is 10.1. The molecule has 0 bridgehead atoms. The van der Waals surface area contributed by atoms with Crippen molar-refractivity contribution < 1.29 is 0 Å². The Balaban J connectivity index is 2.17. The topological polar surface area (TPSA) is 24.9 Å². The van der Waals surface area contributed by atoms with Gasteiger partial charge in [-0.05, 0) is 37.9 Å². The van der Waals surface area contributed by atoms with E-state index in [0.29, 0.717) is 6.04 Å². The summed E-state index contributed by atoms with van der Waals surface area (Å²) in [5.74, 6) is 0. The van der Waals surface area contributed by atoms with Gasteiger partial charge in [0.1, 0.15) is 0 Å². The van der Waals surface area contributed by atoms with E-state index in [4.69, 9.17) is 0 Å². The summed E-state index contributed by atoms with van der Waals surface area (Å²) in [6, 6.07) is 4.76. The van der Waals surface area contributed by atoms with Crippen molar-refractivity contribution in [3.63, 3.8) is 0 Å². The molecule has 1 saturated heterocycles. The number of nitrogens with zero attached hydrogens (tertiary/aromatic N) is 1. The van der Waals surface area contributed by atoms with Crippen molar-refractivity contribution in [3.05, 3.63) is 29.6 Å². The smallest absolute Gasteiger partial charge is 0.0573 e. The molecular weight excluding hydrogens is 148 g/mol. The van der Waals surface area contributed by atoms with Crippen molar-refractivity contribution in [1.29, 1.82) is 0 Å². The molecule has 0 amide bonds. The fourth-order valence-electron chi connectivity index (χ4n) is 1.62. The molecule has 1 fully saturated rings. The SMILES string of the molecule is Cc1ccc([C@@H]2CCCN2)nc1. The summed E-state index contributed by atoms with van der Waals surface area (Å²) in [5, 5.41) is 3.43. The first-order valence-corrected chi connectivity index (χ1v) is 4.52. The van der Waals surface area contributed by atoms with Crippen LogP contribution >= 0.6 is 0 Å². The molecule has 1 aliphatic heterocycles. The maximum Gasteiger partial charge on any atom is 0.0573 e. The molecule has 1 aromatic rings.